The molecule has 0 radical (unpaired) electrons. The van der Waals surface area contributed by atoms with Crippen LogP contribution in [0.4, 0.5) is 0 Å². The van der Waals surface area contributed by atoms with Crippen molar-refractivity contribution in [3.05, 3.63) is 23.1 Å². The predicted molar refractivity (Wildman–Crippen MR) is 54.5 cm³/mol. The number of aryl methyl sites for hydroxylation is 1. The second-order valence-electron chi connectivity index (χ2n) is 2.69. The van der Waals surface area contributed by atoms with Crippen LogP contribution in [-0.2, 0) is 0 Å². The van der Waals surface area contributed by atoms with Crippen LogP contribution < -0.4 is 0 Å². The van der Waals surface area contributed by atoms with Gasteiger partial charge in [0.1, 0.15) is 0 Å². The Morgan fingerprint density at radius 2 is 2.31 bits per heavy atom. The van der Waals surface area contributed by atoms with Crippen LogP contribution in [0.25, 0.3) is 5.65 Å². The lowest BCUT2D eigenvalue weighted by atomic mass is 10.5. The Balaban J connectivity index is 2.80. The molecule has 0 aromatic carbocycles. The Labute approximate surface area is 85.1 Å². The quantitative estimate of drug-likeness (QED) is 0.682. The van der Waals surface area contributed by atoms with Gasteiger partial charge >= 0.3 is 0 Å². The number of aromatic nitrogens is 3. The molecule has 0 atom stereocenters. The summed E-state index contributed by atoms with van der Waals surface area (Å²) in [5.74, 6) is 0. The summed E-state index contributed by atoms with van der Waals surface area (Å²) >= 11 is 7.46. The molecule has 0 aliphatic carbocycles. The molecule has 0 fully saturated rings. The van der Waals surface area contributed by atoms with E-state index in [-0.39, 0.29) is 0 Å². The molecule has 0 saturated heterocycles. The van der Waals surface area contributed by atoms with Crippen LogP contribution in [-0.4, -0.2) is 20.9 Å². The molecule has 0 N–H and O–H groups in total. The molecule has 68 valence electrons. The van der Waals surface area contributed by atoms with E-state index in [1.54, 1.807) is 16.3 Å². The van der Waals surface area contributed by atoms with Crippen LogP contribution in [0.15, 0.2) is 17.2 Å². The van der Waals surface area contributed by atoms with Gasteiger partial charge in [0.25, 0.3) is 0 Å². The van der Waals surface area contributed by atoms with E-state index in [4.69, 9.17) is 11.6 Å². The molecule has 0 unspecified atom stereocenters. The minimum atomic E-state index is 0.495. The van der Waals surface area contributed by atoms with Gasteiger partial charge in [-0.1, -0.05) is 11.6 Å². The zero-order valence-corrected chi connectivity index (χ0v) is 8.85. The highest BCUT2D eigenvalue weighted by atomic mass is 35.5. The summed E-state index contributed by atoms with van der Waals surface area (Å²) < 4.78 is 1.71. The third kappa shape index (κ3) is 1.51. The molecule has 2 aromatic rings. The van der Waals surface area contributed by atoms with Crippen LogP contribution in [0.5, 0.6) is 0 Å². The molecule has 2 heterocycles. The Bertz CT molecular complexity index is 452. The van der Waals surface area contributed by atoms with Gasteiger partial charge in [-0.05, 0) is 19.2 Å². The van der Waals surface area contributed by atoms with E-state index in [1.807, 2.05) is 25.4 Å². The van der Waals surface area contributed by atoms with Crippen LogP contribution in [0.2, 0.25) is 5.15 Å². The Morgan fingerprint density at radius 3 is 3.00 bits per heavy atom. The van der Waals surface area contributed by atoms with Gasteiger partial charge in [0, 0.05) is 0 Å². The molecule has 0 saturated carbocycles. The number of hydrogen-bond acceptors (Lipinski definition) is 3. The van der Waals surface area contributed by atoms with Crippen molar-refractivity contribution >= 4 is 29.0 Å². The molecule has 2 aromatic heterocycles. The number of fused-ring (bicyclic) bond motifs is 1. The van der Waals surface area contributed by atoms with Crippen LogP contribution in [0, 0.1) is 6.92 Å². The van der Waals surface area contributed by atoms with E-state index in [0.29, 0.717) is 5.15 Å². The van der Waals surface area contributed by atoms with Crippen molar-refractivity contribution < 1.29 is 0 Å². The summed E-state index contributed by atoms with van der Waals surface area (Å²) in [6.45, 7) is 1.94. The highest BCUT2D eigenvalue weighted by molar-refractivity contribution is 7.98. The maximum Gasteiger partial charge on any atom is 0.167 e. The van der Waals surface area contributed by atoms with Crippen molar-refractivity contribution in [2.45, 2.75) is 11.8 Å². The lowest BCUT2D eigenvalue weighted by Gasteiger charge is -1.99. The Morgan fingerprint density at radius 1 is 1.54 bits per heavy atom. The number of hydrogen-bond donors (Lipinski definition) is 0. The average Bonchev–Trinajstić information content (AvgIpc) is 2.43. The second-order valence-corrected chi connectivity index (χ2v) is 3.92. The molecule has 0 aliphatic heterocycles. The maximum atomic E-state index is 5.84. The van der Waals surface area contributed by atoms with E-state index in [0.717, 1.165) is 16.2 Å². The van der Waals surface area contributed by atoms with Gasteiger partial charge < -0.3 is 0 Å². The Kier molecular flexibility index (Phi) is 2.17. The largest absolute Gasteiger partial charge is 0.231 e. The number of imidazole rings is 1. The minimum absolute atomic E-state index is 0.495. The van der Waals surface area contributed by atoms with Crippen molar-refractivity contribution in [2.75, 3.05) is 6.26 Å². The second kappa shape index (κ2) is 3.20. The zero-order chi connectivity index (χ0) is 9.42. The van der Waals surface area contributed by atoms with Crippen molar-refractivity contribution in [2.24, 2.45) is 0 Å². The minimum Gasteiger partial charge on any atom is -0.231 e. The number of halogens is 1. The van der Waals surface area contributed by atoms with Crippen molar-refractivity contribution in [1.82, 2.24) is 14.6 Å². The third-order valence-corrected chi connectivity index (χ3v) is 2.63. The lowest BCUT2D eigenvalue weighted by molar-refractivity contribution is 0.917. The van der Waals surface area contributed by atoms with Gasteiger partial charge in [-0.25, -0.2) is 9.50 Å². The normalized spacial score (nSPS) is 11.0. The number of rotatable bonds is 1. The fourth-order valence-corrected chi connectivity index (χ4v) is 1.99. The summed E-state index contributed by atoms with van der Waals surface area (Å²) in [5, 5.41) is 4.61. The fraction of sp³-hybridized carbons (Fsp3) is 0.250. The number of thioether (sulfide) groups is 1. The van der Waals surface area contributed by atoms with Crippen molar-refractivity contribution in [3.63, 3.8) is 0 Å². The smallest absolute Gasteiger partial charge is 0.167 e. The summed E-state index contributed by atoms with van der Waals surface area (Å²) in [6.07, 6.45) is 3.86. The SMILES string of the molecule is CSc1cc(Cl)nn2cc(C)nc12. The fourth-order valence-electron chi connectivity index (χ4n) is 1.18. The molecule has 13 heavy (non-hydrogen) atoms. The molecule has 2 rings (SSSR count). The topological polar surface area (TPSA) is 30.2 Å². The maximum absolute atomic E-state index is 5.84. The number of nitrogens with zero attached hydrogens (tertiary/aromatic N) is 3. The first kappa shape index (κ1) is 8.84. The first-order valence-corrected chi connectivity index (χ1v) is 5.37. The van der Waals surface area contributed by atoms with E-state index in [1.165, 1.54) is 0 Å². The molecular weight excluding hydrogens is 206 g/mol. The Hall–Kier alpha value is -0.740. The van der Waals surface area contributed by atoms with Gasteiger partial charge in [0.2, 0.25) is 0 Å². The van der Waals surface area contributed by atoms with Crippen molar-refractivity contribution in [3.8, 4) is 0 Å². The van der Waals surface area contributed by atoms with Gasteiger partial charge in [-0.2, -0.15) is 5.10 Å². The first-order chi connectivity index (χ1) is 6.20. The van der Waals surface area contributed by atoms with Crippen LogP contribution >= 0.6 is 23.4 Å². The molecular formula is C8H8ClN3S. The third-order valence-electron chi connectivity index (χ3n) is 1.70. The summed E-state index contributed by atoms with van der Waals surface area (Å²) in [6, 6.07) is 1.83. The molecule has 0 aliphatic rings. The molecule has 0 spiro atoms. The summed E-state index contributed by atoms with van der Waals surface area (Å²) in [5.41, 5.74) is 1.82. The highest BCUT2D eigenvalue weighted by Gasteiger charge is 2.06. The van der Waals surface area contributed by atoms with Crippen LogP contribution in [0.3, 0.4) is 0 Å². The van der Waals surface area contributed by atoms with E-state index in [9.17, 15) is 0 Å². The van der Waals surface area contributed by atoms with Gasteiger partial charge in [0.15, 0.2) is 10.8 Å². The standard InChI is InChI=1S/C8H8ClN3S/c1-5-4-12-8(10-5)6(13-2)3-7(9)11-12/h3-4H,1-2H3. The molecule has 0 bridgehead atoms. The predicted octanol–water partition coefficient (Wildman–Crippen LogP) is 2.41. The molecule has 3 nitrogen and oxygen atoms in total. The van der Waals surface area contributed by atoms with Crippen molar-refractivity contribution in [1.29, 1.82) is 0 Å². The van der Waals surface area contributed by atoms with Gasteiger partial charge in [0.05, 0.1) is 16.8 Å². The van der Waals surface area contributed by atoms with E-state index < -0.39 is 0 Å². The summed E-state index contributed by atoms with van der Waals surface area (Å²) in [4.78, 5) is 5.40. The lowest BCUT2D eigenvalue weighted by Crippen LogP contribution is -1.91. The van der Waals surface area contributed by atoms with Crippen LogP contribution in [0.1, 0.15) is 5.69 Å². The van der Waals surface area contributed by atoms with Gasteiger partial charge in [-0.3, -0.25) is 0 Å². The first-order valence-electron chi connectivity index (χ1n) is 3.77. The molecule has 0 amide bonds. The van der Waals surface area contributed by atoms with E-state index >= 15 is 0 Å². The highest BCUT2D eigenvalue weighted by Crippen LogP contribution is 2.22. The summed E-state index contributed by atoms with van der Waals surface area (Å²) in [7, 11) is 0. The molecule has 5 heteroatoms. The van der Waals surface area contributed by atoms with Gasteiger partial charge in [-0.15, -0.1) is 11.8 Å². The average molecular weight is 214 g/mol. The zero-order valence-electron chi connectivity index (χ0n) is 7.28. The monoisotopic (exact) mass is 213 g/mol. The van der Waals surface area contributed by atoms with E-state index in [2.05, 4.69) is 10.1 Å².